The molecule has 0 radical (unpaired) electrons. The third-order valence-corrected chi connectivity index (χ3v) is 3.81. The summed E-state index contributed by atoms with van der Waals surface area (Å²) in [5, 5.41) is 0. The van der Waals surface area contributed by atoms with E-state index in [0.717, 1.165) is 25.3 Å². The van der Waals surface area contributed by atoms with Crippen molar-refractivity contribution in [2.24, 2.45) is 11.7 Å². The minimum atomic E-state index is 0.218. The minimum absolute atomic E-state index is 0.218. The third-order valence-electron chi connectivity index (χ3n) is 3.68. The van der Waals surface area contributed by atoms with Gasteiger partial charge in [-0.1, -0.05) is 51.2 Å². The second-order valence-electron chi connectivity index (χ2n) is 5.32. The Hall–Kier alpha value is -0.640. The molecule has 0 unspecified atom stereocenters. The van der Waals surface area contributed by atoms with E-state index in [4.69, 9.17) is 18.0 Å². The van der Waals surface area contributed by atoms with Crippen molar-refractivity contribution < 1.29 is 4.79 Å². The number of rotatable bonds is 7. The molecule has 1 saturated carbocycles. The lowest BCUT2D eigenvalue weighted by molar-refractivity contribution is -0.130. The van der Waals surface area contributed by atoms with Crippen LogP contribution in [0.1, 0.15) is 58.3 Å². The number of nitrogens with two attached hydrogens (primary N) is 1. The van der Waals surface area contributed by atoms with Gasteiger partial charge in [-0.2, -0.15) is 0 Å². The van der Waals surface area contributed by atoms with Crippen LogP contribution in [-0.2, 0) is 4.79 Å². The molecule has 0 bridgehead atoms. The van der Waals surface area contributed by atoms with Crippen molar-refractivity contribution in [1.29, 1.82) is 0 Å². The summed E-state index contributed by atoms with van der Waals surface area (Å²) < 4.78 is 0. The average Bonchev–Trinajstić information content (AvgIpc) is 2.36. The van der Waals surface area contributed by atoms with E-state index in [0.29, 0.717) is 18.0 Å². The number of carbonyl (C=O) groups excluding carboxylic acids is 1. The fourth-order valence-electron chi connectivity index (χ4n) is 2.71. The number of carbonyl (C=O) groups is 1. The van der Waals surface area contributed by atoms with Gasteiger partial charge in [-0.3, -0.25) is 4.79 Å². The van der Waals surface area contributed by atoms with Crippen LogP contribution < -0.4 is 5.73 Å². The fourth-order valence-corrected chi connectivity index (χ4v) is 2.87. The maximum absolute atomic E-state index is 12.1. The van der Waals surface area contributed by atoms with Gasteiger partial charge in [0.2, 0.25) is 5.91 Å². The van der Waals surface area contributed by atoms with Crippen LogP contribution in [0.4, 0.5) is 0 Å². The van der Waals surface area contributed by atoms with Crippen LogP contribution in [0.15, 0.2) is 0 Å². The fraction of sp³-hybridized carbons (Fsp3) is 0.857. The Balaban J connectivity index is 2.32. The zero-order chi connectivity index (χ0) is 13.4. The number of nitrogens with zero attached hydrogens (tertiary/aromatic N) is 1. The van der Waals surface area contributed by atoms with Gasteiger partial charge in [-0.05, 0) is 18.8 Å². The van der Waals surface area contributed by atoms with Gasteiger partial charge in [0, 0.05) is 13.0 Å². The Morgan fingerprint density at radius 1 is 1.33 bits per heavy atom. The molecule has 0 aromatic carbocycles. The van der Waals surface area contributed by atoms with Crippen LogP contribution in [-0.4, -0.2) is 28.9 Å². The highest BCUT2D eigenvalue weighted by atomic mass is 32.1. The molecule has 18 heavy (non-hydrogen) atoms. The summed E-state index contributed by atoms with van der Waals surface area (Å²) in [5.41, 5.74) is 5.54. The summed E-state index contributed by atoms with van der Waals surface area (Å²) in [4.78, 5) is 14.3. The van der Waals surface area contributed by atoms with Gasteiger partial charge in [0.25, 0.3) is 0 Å². The third kappa shape index (κ3) is 5.80. The van der Waals surface area contributed by atoms with E-state index in [2.05, 4.69) is 6.92 Å². The molecule has 3 nitrogen and oxygen atoms in total. The van der Waals surface area contributed by atoms with E-state index >= 15 is 0 Å². The molecule has 104 valence electrons. The molecule has 1 rings (SSSR count). The van der Waals surface area contributed by atoms with Gasteiger partial charge in [-0.25, -0.2) is 0 Å². The van der Waals surface area contributed by atoms with E-state index < -0.39 is 0 Å². The van der Waals surface area contributed by atoms with Crippen molar-refractivity contribution in [3.05, 3.63) is 0 Å². The summed E-state index contributed by atoms with van der Waals surface area (Å²) in [6.45, 7) is 3.27. The smallest absolute Gasteiger partial charge is 0.222 e. The van der Waals surface area contributed by atoms with E-state index in [1.807, 2.05) is 4.90 Å². The molecule has 4 heteroatoms. The monoisotopic (exact) mass is 270 g/mol. The second-order valence-corrected chi connectivity index (χ2v) is 5.85. The highest BCUT2D eigenvalue weighted by molar-refractivity contribution is 7.80. The van der Waals surface area contributed by atoms with Crippen LogP contribution in [0, 0.1) is 5.92 Å². The van der Waals surface area contributed by atoms with Crippen LogP contribution >= 0.6 is 12.2 Å². The van der Waals surface area contributed by atoms with Gasteiger partial charge in [-0.15, -0.1) is 0 Å². The van der Waals surface area contributed by atoms with Crippen molar-refractivity contribution >= 4 is 23.1 Å². The minimum Gasteiger partial charge on any atom is -0.392 e. The first-order valence-electron chi connectivity index (χ1n) is 7.19. The van der Waals surface area contributed by atoms with E-state index in [9.17, 15) is 4.79 Å². The lowest BCUT2D eigenvalue weighted by Crippen LogP contribution is -2.38. The van der Waals surface area contributed by atoms with Crippen LogP contribution in [0.3, 0.4) is 0 Å². The van der Waals surface area contributed by atoms with E-state index in [1.165, 1.54) is 32.1 Å². The van der Waals surface area contributed by atoms with Crippen LogP contribution in [0.25, 0.3) is 0 Å². The van der Waals surface area contributed by atoms with E-state index in [1.54, 1.807) is 0 Å². The number of thiocarbonyl (C=S) groups is 1. The maximum Gasteiger partial charge on any atom is 0.222 e. The first kappa shape index (κ1) is 15.4. The largest absolute Gasteiger partial charge is 0.392 e. The molecule has 1 aliphatic rings. The molecular weight excluding hydrogens is 244 g/mol. The standard InChI is InChI=1S/C14H26N2OS/c1-2-10-16(11-13(15)18)14(17)9-8-12-6-4-3-5-7-12/h12H,2-11H2,1H3,(H2,15,18). The lowest BCUT2D eigenvalue weighted by Gasteiger charge is -2.24. The second kappa shape index (κ2) is 8.46. The van der Waals surface area contributed by atoms with Crippen LogP contribution in [0.2, 0.25) is 0 Å². The predicted molar refractivity (Wildman–Crippen MR) is 79.5 cm³/mol. The topological polar surface area (TPSA) is 46.3 Å². The normalized spacial score (nSPS) is 16.5. The summed E-state index contributed by atoms with van der Waals surface area (Å²) in [7, 11) is 0. The highest BCUT2D eigenvalue weighted by Gasteiger charge is 2.18. The van der Waals surface area contributed by atoms with Gasteiger partial charge in [0.1, 0.15) is 0 Å². The molecule has 0 atom stereocenters. The molecule has 0 aromatic heterocycles. The van der Waals surface area contributed by atoms with Crippen molar-refractivity contribution in [3.8, 4) is 0 Å². The summed E-state index contributed by atoms with van der Waals surface area (Å²) in [5.74, 6) is 0.978. The molecule has 0 spiro atoms. The first-order valence-corrected chi connectivity index (χ1v) is 7.60. The molecule has 0 saturated heterocycles. The number of amides is 1. The first-order chi connectivity index (χ1) is 8.63. The highest BCUT2D eigenvalue weighted by Crippen LogP contribution is 2.27. The molecule has 1 aliphatic carbocycles. The van der Waals surface area contributed by atoms with Gasteiger partial charge in [0.15, 0.2) is 0 Å². The van der Waals surface area contributed by atoms with Crippen molar-refractivity contribution in [2.75, 3.05) is 13.1 Å². The van der Waals surface area contributed by atoms with E-state index in [-0.39, 0.29) is 5.91 Å². The zero-order valence-electron chi connectivity index (χ0n) is 11.5. The number of hydrogen-bond acceptors (Lipinski definition) is 2. The molecule has 1 fully saturated rings. The Morgan fingerprint density at radius 2 is 2.00 bits per heavy atom. The Morgan fingerprint density at radius 3 is 2.56 bits per heavy atom. The quantitative estimate of drug-likeness (QED) is 0.724. The Labute approximate surface area is 116 Å². The van der Waals surface area contributed by atoms with Crippen molar-refractivity contribution in [3.63, 3.8) is 0 Å². The van der Waals surface area contributed by atoms with Crippen molar-refractivity contribution in [1.82, 2.24) is 4.90 Å². The van der Waals surface area contributed by atoms with Gasteiger partial charge < -0.3 is 10.6 Å². The molecule has 1 amide bonds. The molecule has 0 heterocycles. The zero-order valence-corrected chi connectivity index (χ0v) is 12.3. The number of hydrogen-bond donors (Lipinski definition) is 1. The SMILES string of the molecule is CCCN(CC(N)=S)C(=O)CCC1CCCCC1. The average molecular weight is 270 g/mol. The molecular formula is C14H26N2OS. The summed E-state index contributed by atoms with van der Waals surface area (Å²) >= 11 is 4.90. The Kier molecular flexibility index (Phi) is 7.25. The van der Waals surface area contributed by atoms with Crippen LogP contribution in [0.5, 0.6) is 0 Å². The lowest BCUT2D eigenvalue weighted by atomic mass is 9.86. The summed E-state index contributed by atoms with van der Waals surface area (Å²) in [6, 6.07) is 0. The predicted octanol–water partition coefficient (Wildman–Crippen LogP) is 2.87. The van der Waals surface area contributed by atoms with Gasteiger partial charge >= 0.3 is 0 Å². The molecule has 0 aromatic rings. The maximum atomic E-state index is 12.1. The van der Waals surface area contributed by atoms with Gasteiger partial charge in [0.05, 0.1) is 11.5 Å². The Bertz CT molecular complexity index is 275. The van der Waals surface area contributed by atoms with Crippen molar-refractivity contribution in [2.45, 2.75) is 58.3 Å². The molecule has 0 aliphatic heterocycles. The molecule has 2 N–H and O–H groups in total. The summed E-state index contributed by atoms with van der Waals surface area (Å²) in [6.07, 6.45) is 9.30.